The Bertz CT molecular complexity index is 715. The van der Waals surface area contributed by atoms with Crippen molar-refractivity contribution in [2.75, 3.05) is 12.4 Å². The molecule has 0 spiro atoms. The van der Waals surface area contributed by atoms with Gasteiger partial charge < -0.3 is 15.2 Å². The second-order valence-electron chi connectivity index (χ2n) is 4.93. The Morgan fingerprint density at radius 3 is 2.86 bits per heavy atom. The number of aliphatic hydroxyl groups is 1. The predicted molar refractivity (Wildman–Crippen MR) is 83.5 cm³/mol. The average molecular weight is 348 g/mol. The molecule has 108 valence electrons. The van der Waals surface area contributed by atoms with Crippen molar-refractivity contribution in [3.8, 4) is 5.75 Å². The van der Waals surface area contributed by atoms with Crippen LogP contribution in [0.5, 0.6) is 5.75 Å². The molecule has 0 saturated heterocycles. The molecule has 1 aliphatic rings. The molecule has 0 bridgehead atoms. The van der Waals surface area contributed by atoms with Gasteiger partial charge in [0.25, 0.3) is 0 Å². The molecule has 0 aromatic heterocycles. The van der Waals surface area contributed by atoms with Crippen LogP contribution in [0.1, 0.15) is 22.8 Å². The van der Waals surface area contributed by atoms with E-state index >= 15 is 0 Å². The lowest BCUT2D eigenvalue weighted by atomic mass is 9.98. The monoisotopic (exact) mass is 347 g/mol. The SMILES string of the molecule is COc1cc(Br)ccc1C(O)c1ccc2c(c1)CC(=O)N2. The van der Waals surface area contributed by atoms with Crippen molar-refractivity contribution >= 4 is 27.5 Å². The number of aliphatic hydroxyl groups excluding tert-OH is 1. The predicted octanol–water partition coefficient (Wildman–Crippen LogP) is 3.03. The van der Waals surface area contributed by atoms with E-state index in [1.165, 1.54) is 0 Å². The summed E-state index contributed by atoms with van der Waals surface area (Å²) in [4.78, 5) is 11.4. The van der Waals surface area contributed by atoms with Gasteiger partial charge in [0.1, 0.15) is 11.9 Å². The third kappa shape index (κ3) is 2.66. The molecule has 2 N–H and O–H groups in total. The molecule has 4 nitrogen and oxygen atoms in total. The lowest BCUT2D eigenvalue weighted by Crippen LogP contribution is -2.03. The Morgan fingerprint density at radius 1 is 1.29 bits per heavy atom. The normalized spacial score (nSPS) is 14.5. The number of rotatable bonds is 3. The zero-order chi connectivity index (χ0) is 15.0. The number of halogens is 1. The third-order valence-corrected chi connectivity index (χ3v) is 4.05. The van der Waals surface area contributed by atoms with Gasteiger partial charge in [0.05, 0.1) is 13.5 Å². The van der Waals surface area contributed by atoms with E-state index in [1.807, 2.05) is 36.4 Å². The maximum absolute atomic E-state index is 11.4. The van der Waals surface area contributed by atoms with Crippen LogP contribution in [0.4, 0.5) is 5.69 Å². The Balaban J connectivity index is 1.98. The van der Waals surface area contributed by atoms with Crippen LogP contribution in [0.2, 0.25) is 0 Å². The fourth-order valence-electron chi connectivity index (χ4n) is 2.51. The van der Waals surface area contributed by atoms with Crippen molar-refractivity contribution in [3.05, 3.63) is 57.6 Å². The molecule has 0 saturated carbocycles. The summed E-state index contributed by atoms with van der Waals surface area (Å²) in [6.07, 6.45) is -0.443. The summed E-state index contributed by atoms with van der Waals surface area (Å²) in [5.74, 6) is 0.601. The number of hydrogen-bond donors (Lipinski definition) is 2. The molecular formula is C16H14BrNO3. The molecule has 1 unspecified atom stereocenters. The molecule has 1 aliphatic heterocycles. The number of hydrogen-bond acceptors (Lipinski definition) is 3. The second kappa shape index (κ2) is 5.50. The Hall–Kier alpha value is -1.85. The van der Waals surface area contributed by atoms with Crippen LogP contribution < -0.4 is 10.1 Å². The number of ether oxygens (including phenoxy) is 1. The minimum absolute atomic E-state index is 0.0159. The summed E-state index contributed by atoms with van der Waals surface area (Å²) in [7, 11) is 1.57. The largest absolute Gasteiger partial charge is 0.496 e. The number of amides is 1. The molecule has 0 aliphatic carbocycles. The van der Waals surface area contributed by atoms with Crippen LogP contribution >= 0.6 is 15.9 Å². The van der Waals surface area contributed by atoms with E-state index in [0.29, 0.717) is 17.7 Å². The molecule has 1 atom stereocenters. The number of methoxy groups -OCH3 is 1. The molecule has 21 heavy (non-hydrogen) atoms. The number of nitrogens with one attached hydrogen (secondary N) is 1. The maximum Gasteiger partial charge on any atom is 0.228 e. The van der Waals surface area contributed by atoms with E-state index < -0.39 is 6.10 Å². The van der Waals surface area contributed by atoms with E-state index in [1.54, 1.807) is 7.11 Å². The molecule has 3 rings (SSSR count). The van der Waals surface area contributed by atoms with Gasteiger partial charge in [0.15, 0.2) is 0 Å². The molecule has 5 heteroatoms. The first kappa shape index (κ1) is 14.1. The highest BCUT2D eigenvalue weighted by molar-refractivity contribution is 9.10. The third-order valence-electron chi connectivity index (χ3n) is 3.56. The van der Waals surface area contributed by atoms with Crippen LogP contribution in [0.25, 0.3) is 0 Å². The first-order valence-corrected chi connectivity index (χ1v) is 7.32. The smallest absolute Gasteiger partial charge is 0.228 e. The van der Waals surface area contributed by atoms with Crippen LogP contribution in [0, 0.1) is 0 Å². The highest BCUT2D eigenvalue weighted by Crippen LogP contribution is 2.34. The number of benzene rings is 2. The Kier molecular flexibility index (Phi) is 3.69. The fourth-order valence-corrected chi connectivity index (χ4v) is 2.85. The van der Waals surface area contributed by atoms with Crippen molar-refractivity contribution in [1.82, 2.24) is 0 Å². The number of anilines is 1. The second-order valence-corrected chi connectivity index (χ2v) is 5.85. The van der Waals surface area contributed by atoms with E-state index in [0.717, 1.165) is 21.3 Å². The van der Waals surface area contributed by atoms with Gasteiger partial charge in [-0.2, -0.15) is 0 Å². The van der Waals surface area contributed by atoms with Gasteiger partial charge in [-0.3, -0.25) is 4.79 Å². The van der Waals surface area contributed by atoms with Crippen LogP contribution in [0.15, 0.2) is 40.9 Å². The Morgan fingerprint density at radius 2 is 2.10 bits per heavy atom. The quantitative estimate of drug-likeness (QED) is 0.897. The molecule has 0 fully saturated rings. The maximum atomic E-state index is 11.4. The average Bonchev–Trinajstić information content (AvgIpc) is 2.85. The first-order chi connectivity index (χ1) is 10.1. The molecule has 1 amide bonds. The highest BCUT2D eigenvalue weighted by Gasteiger charge is 2.21. The van der Waals surface area contributed by atoms with Crippen molar-refractivity contribution in [1.29, 1.82) is 0 Å². The number of fused-ring (bicyclic) bond motifs is 1. The summed E-state index contributed by atoms with van der Waals surface area (Å²) in [6, 6.07) is 11.0. The molecule has 2 aromatic carbocycles. The van der Waals surface area contributed by atoms with Crippen LogP contribution in [-0.4, -0.2) is 18.1 Å². The lowest BCUT2D eigenvalue weighted by molar-refractivity contribution is -0.115. The highest BCUT2D eigenvalue weighted by atomic mass is 79.9. The van der Waals surface area contributed by atoms with Gasteiger partial charge in [-0.1, -0.05) is 34.1 Å². The van der Waals surface area contributed by atoms with Gasteiger partial charge in [-0.15, -0.1) is 0 Å². The number of carbonyl (C=O) groups excluding carboxylic acids is 1. The van der Waals surface area contributed by atoms with Crippen LogP contribution in [0.3, 0.4) is 0 Å². The topological polar surface area (TPSA) is 58.6 Å². The van der Waals surface area contributed by atoms with Crippen molar-refractivity contribution < 1.29 is 14.6 Å². The summed E-state index contributed by atoms with van der Waals surface area (Å²) in [5.41, 5.74) is 3.16. The number of carbonyl (C=O) groups is 1. The summed E-state index contributed by atoms with van der Waals surface area (Å²) in [6.45, 7) is 0. The first-order valence-electron chi connectivity index (χ1n) is 6.52. The minimum atomic E-state index is -0.797. The fraction of sp³-hybridized carbons (Fsp3) is 0.188. The van der Waals surface area contributed by atoms with Gasteiger partial charge in [0, 0.05) is 15.7 Å². The molecule has 2 aromatic rings. The van der Waals surface area contributed by atoms with Gasteiger partial charge in [0.2, 0.25) is 5.91 Å². The zero-order valence-electron chi connectivity index (χ0n) is 11.4. The van der Waals surface area contributed by atoms with Gasteiger partial charge in [-0.05, 0) is 29.3 Å². The van der Waals surface area contributed by atoms with Crippen LogP contribution in [-0.2, 0) is 11.2 Å². The molecule has 1 heterocycles. The van der Waals surface area contributed by atoms with E-state index in [4.69, 9.17) is 4.74 Å². The Labute approximate surface area is 130 Å². The molecule has 0 radical (unpaired) electrons. The van der Waals surface area contributed by atoms with Gasteiger partial charge >= 0.3 is 0 Å². The zero-order valence-corrected chi connectivity index (χ0v) is 13.0. The van der Waals surface area contributed by atoms with E-state index in [9.17, 15) is 9.90 Å². The summed E-state index contributed by atoms with van der Waals surface area (Å²) >= 11 is 3.38. The standard InChI is InChI=1S/C16H14BrNO3/c1-21-14-8-11(17)3-4-12(14)16(20)9-2-5-13-10(6-9)7-15(19)18-13/h2-6,8,16,20H,7H2,1H3,(H,18,19). The van der Waals surface area contributed by atoms with Gasteiger partial charge in [-0.25, -0.2) is 0 Å². The van der Waals surface area contributed by atoms with Crippen molar-refractivity contribution in [2.24, 2.45) is 0 Å². The van der Waals surface area contributed by atoms with E-state index in [2.05, 4.69) is 21.2 Å². The summed E-state index contributed by atoms with van der Waals surface area (Å²) in [5, 5.41) is 13.4. The summed E-state index contributed by atoms with van der Waals surface area (Å²) < 4.78 is 6.21. The van der Waals surface area contributed by atoms with Crippen molar-refractivity contribution in [3.63, 3.8) is 0 Å². The van der Waals surface area contributed by atoms with Crippen molar-refractivity contribution in [2.45, 2.75) is 12.5 Å². The molecular weight excluding hydrogens is 334 g/mol. The van der Waals surface area contributed by atoms with E-state index in [-0.39, 0.29) is 5.91 Å². The minimum Gasteiger partial charge on any atom is -0.496 e. The lowest BCUT2D eigenvalue weighted by Gasteiger charge is -2.16.